The number of benzene rings is 1. The van der Waals surface area contributed by atoms with E-state index in [-0.39, 0.29) is 17.2 Å². The molecule has 31 heavy (non-hydrogen) atoms. The Bertz CT molecular complexity index is 927. The second kappa shape index (κ2) is 10.8. The lowest BCUT2D eigenvalue weighted by molar-refractivity contribution is -0.115. The molecule has 1 amide bonds. The molecule has 2 aromatic rings. The first kappa shape index (κ1) is 24.9. The Morgan fingerprint density at radius 2 is 1.90 bits per heavy atom. The topological polar surface area (TPSA) is 62.3 Å². The SMILES string of the molecule is CC.CC(C)=O.C[C@H]1CCN(C(=O)c2cnc3c(c2)C[C@](C)(c2cccc(Cl)c2)N3)C1. The number of hydrogen-bond donors (Lipinski definition) is 1. The summed E-state index contributed by atoms with van der Waals surface area (Å²) < 4.78 is 0. The minimum atomic E-state index is -0.260. The normalized spacial score (nSPS) is 21.1. The Labute approximate surface area is 191 Å². The van der Waals surface area contributed by atoms with E-state index in [0.29, 0.717) is 11.5 Å². The Balaban J connectivity index is 0.000000513. The highest BCUT2D eigenvalue weighted by molar-refractivity contribution is 6.30. The van der Waals surface area contributed by atoms with Crippen LogP contribution >= 0.6 is 11.6 Å². The Kier molecular flexibility index (Phi) is 8.63. The average molecular weight is 444 g/mol. The van der Waals surface area contributed by atoms with E-state index in [1.54, 1.807) is 6.20 Å². The van der Waals surface area contributed by atoms with Gasteiger partial charge in [0.15, 0.2) is 0 Å². The number of carbonyl (C=O) groups excluding carboxylic acids is 2. The van der Waals surface area contributed by atoms with Gasteiger partial charge in [-0.2, -0.15) is 0 Å². The number of nitrogens with zero attached hydrogens (tertiary/aromatic N) is 2. The molecular weight excluding hydrogens is 410 g/mol. The van der Waals surface area contributed by atoms with E-state index in [4.69, 9.17) is 11.6 Å². The van der Waals surface area contributed by atoms with Crippen LogP contribution in [0.25, 0.3) is 0 Å². The van der Waals surface area contributed by atoms with E-state index in [1.165, 1.54) is 13.8 Å². The van der Waals surface area contributed by atoms with Gasteiger partial charge in [-0.3, -0.25) is 4.79 Å². The number of anilines is 1. The lowest BCUT2D eigenvalue weighted by atomic mass is 9.89. The average Bonchev–Trinajstić information content (AvgIpc) is 3.31. The molecule has 5 nitrogen and oxygen atoms in total. The zero-order chi connectivity index (χ0) is 23.2. The number of Topliss-reactive ketones (excluding diaryl/α,β-unsaturated/α-hetero) is 1. The summed E-state index contributed by atoms with van der Waals surface area (Å²) in [5.41, 5.74) is 2.63. The summed E-state index contributed by atoms with van der Waals surface area (Å²) in [4.78, 5) is 28.6. The molecule has 0 spiro atoms. The van der Waals surface area contributed by atoms with E-state index in [2.05, 4.69) is 30.2 Å². The number of likely N-dealkylation sites (tertiary alicyclic amines) is 1. The van der Waals surface area contributed by atoms with Crippen LogP contribution in [0, 0.1) is 5.92 Å². The quantitative estimate of drug-likeness (QED) is 0.644. The molecule has 1 saturated heterocycles. The molecule has 1 aromatic heterocycles. The van der Waals surface area contributed by atoms with Crippen molar-refractivity contribution in [1.29, 1.82) is 0 Å². The molecule has 1 aromatic carbocycles. The molecule has 0 radical (unpaired) electrons. The maximum Gasteiger partial charge on any atom is 0.255 e. The first-order valence-electron chi connectivity index (χ1n) is 11.0. The van der Waals surface area contributed by atoms with Gasteiger partial charge in [0.25, 0.3) is 5.91 Å². The van der Waals surface area contributed by atoms with Crippen LogP contribution in [0.3, 0.4) is 0 Å². The van der Waals surface area contributed by atoms with Crippen molar-refractivity contribution in [3.05, 3.63) is 58.2 Å². The summed E-state index contributed by atoms with van der Waals surface area (Å²) in [5, 5.41) is 4.23. The molecule has 0 unspecified atom stereocenters. The van der Waals surface area contributed by atoms with Crippen LogP contribution in [0.4, 0.5) is 5.82 Å². The molecule has 4 rings (SSSR count). The number of aromatic nitrogens is 1. The van der Waals surface area contributed by atoms with Crippen LogP contribution in [0.5, 0.6) is 0 Å². The highest BCUT2D eigenvalue weighted by Gasteiger charge is 2.35. The van der Waals surface area contributed by atoms with E-state index >= 15 is 0 Å². The second-order valence-electron chi connectivity index (χ2n) is 8.43. The largest absolute Gasteiger partial charge is 0.360 e. The lowest BCUT2D eigenvalue weighted by Gasteiger charge is -2.25. The molecule has 0 bridgehead atoms. The summed E-state index contributed by atoms with van der Waals surface area (Å²) >= 11 is 6.15. The number of rotatable bonds is 2. The Morgan fingerprint density at radius 3 is 2.48 bits per heavy atom. The van der Waals surface area contributed by atoms with E-state index in [9.17, 15) is 9.59 Å². The minimum Gasteiger partial charge on any atom is -0.360 e. The number of amides is 1. The first-order chi connectivity index (χ1) is 14.7. The third-order valence-corrected chi connectivity index (χ3v) is 5.56. The van der Waals surface area contributed by atoms with E-state index < -0.39 is 0 Å². The Hall–Kier alpha value is -2.40. The standard InChI is InChI=1S/C20H22ClN3O.C3H6O.C2H6/c1-13-6-7-24(12-13)19(25)15-8-14-10-20(2,23-18(14)22-11-15)16-4-3-5-17(21)9-16;1-3(2)4;1-2/h3-5,8-9,11,13H,6-7,10,12H2,1-2H3,(H,22,23);1-2H3;1-2H3/t13-,20+;;/m0../s1. The van der Waals surface area contributed by atoms with Crippen molar-refractivity contribution >= 4 is 29.1 Å². The number of pyridine rings is 1. The molecule has 2 aliphatic rings. The van der Waals surface area contributed by atoms with Crippen molar-refractivity contribution in [3.8, 4) is 0 Å². The summed E-state index contributed by atoms with van der Waals surface area (Å²) in [5.74, 6) is 1.70. The van der Waals surface area contributed by atoms with Crippen molar-refractivity contribution in [2.45, 2.75) is 59.9 Å². The van der Waals surface area contributed by atoms with Crippen LogP contribution in [-0.4, -0.2) is 34.7 Å². The fraction of sp³-hybridized carbons (Fsp3) is 0.480. The van der Waals surface area contributed by atoms with Gasteiger partial charge in [0.1, 0.15) is 11.6 Å². The summed E-state index contributed by atoms with van der Waals surface area (Å²) in [6.45, 7) is 13.1. The van der Waals surface area contributed by atoms with Gasteiger partial charge in [-0.1, -0.05) is 44.5 Å². The van der Waals surface area contributed by atoms with Crippen molar-refractivity contribution in [3.63, 3.8) is 0 Å². The molecule has 1 N–H and O–H groups in total. The van der Waals surface area contributed by atoms with Gasteiger partial charge in [-0.05, 0) is 62.4 Å². The van der Waals surface area contributed by atoms with Crippen molar-refractivity contribution in [2.24, 2.45) is 5.92 Å². The van der Waals surface area contributed by atoms with Crippen LogP contribution in [0.1, 0.15) is 69.4 Å². The molecule has 2 atom stereocenters. The maximum absolute atomic E-state index is 12.7. The number of nitrogens with one attached hydrogen (secondary N) is 1. The molecule has 1 fully saturated rings. The van der Waals surface area contributed by atoms with Crippen molar-refractivity contribution < 1.29 is 9.59 Å². The summed E-state index contributed by atoms with van der Waals surface area (Å²) in [7, 11) is 0. The number of carbonyl (C=O) groups is 2. The molecule has 6 heteroatoms. The predicted molar refractivity (Wildman–Crippen MR) is 128 cm³/mol. The van der Waals surface area contributed by atoms with Gasteiger partial charge < -0.3 is 15.0 Å². The van der Waals surface area contributed by atoms with Crippen molar-refractivity contribution in [2.75, 3.05) is 18.4 Å². The van der Waals surface area contributed by atoms with Crippen LogP contribution in [0.2, 0.25) is 5.02 Å². The van der Waals surface area contributed by atoms with Crippen LogP contribution in [0.15, 0.2) is 36.5 Å². The number of hydrogen-bond acceptors (Lipinski definition) is 4. The summed E-state index contributed by atoms with van der Waals surface area (Å²) in [6, 6.07) is 9.89. The van der Waals surface area contributed by atoms with Crippen LogP contribution < -0.4 is 5.32 Å². The zero-order valence-electron chi connectivity index (χ0n) is 19.5. The van der Waals surface area contributed by atoms with Gasteiger partial charge in [0.05, 0.1) is 11.1 Å². The van der Waals surface area contributed by atoms with Gasteiger partial charge in [-0.15, -0.1) is 0 Å². The van der Waals surface area contributed by atoms with Gasteiger partial charge in [0.2, 0.25) is 0 Å². The maximum atomic E-state index is 12.7. The third kappa shape index (κ3) is 6.30. The zero-order valence-corrected chi connectivity index (χ0v) is 20.2. The lowest BCUT2D eigenvalue weighted by Crippen LogP contribution is -2.29. The van der Waals surface area contributed by atoms with Gasteiger partial charge in [0, 0.05) is 30.7 Å². The monoisotopic (exact) mass is 443 g/mol. The van der Waals surface area contributed by atoms with Gasteiger partial charge in [-0.25, -0.2) is 4.98 Å². The van der Waals surface area contributed by atoms with E-state index in [0.717, 1.165) is 47.9 Å². The molecule has 0 saturated carbocycles. The molecule has 168 valence electrons. The van der Waals surface area contributed by atoms with E-state index in [1.807, 2.05) is 43.0 Å². The fourth-order valence-electron chi connectivity index (χ4n) is 3.87. The smallest absolute Gasteiger partial charge is 0.255 e. The highest BCUT2D eigenvalue weighted by Crippen LogP contribution is 2.39. The summed E-state index contributed by atoms with van der Waals surface area (Å²) in [6.07, 6.45) is 3.56. The molecule has 0 aliphatic carbocycles. The minimum absolute atomic E-state index is 0.0935. The molecule has 2 aliphatic heterocycles. The highest BCUT2D eigenvalue weighted by atomic mass is 35.5. The Morgan fingerprint density at radius 1 is 1.23 bits per heavy atom. The fourth-order valence-corrected chi connectivity index (χ4v) is 4.06. The van der Waals surface area contributed by atoms with Gasteiger partial charge >= 0.3 is 0 Å². The molecular formula is C25H34ClN3O2. The molecule has 3 heterocycles. The predicted octanol–water partition coefficient (Wildman–Crippen LogP) is 5.72. The number of ketones is 1. The number of halogens is 1. The third-order valence-electron chi connectivity index (χ3n) is 5.32. The van der Waals surface area contributed by atoms with Crippen molar-refractivity contribution in [1.82, 2.24) is 9.88 Å². The number of fused-ring (bicyclic) bond motifs is 1. The van der Waals surface area contributed by atoms with Crippen LogP contribution in [-0.2, 0) is 16.8 Å². The second-order valence-corrected chi connectivity index (χ2v) is 8.87. The first-order valence-corrected chi connectivity index (χ1v) is 11.4.